The number of benzene rings is 1. The van der Waals surface area contributed by atoms with Crippen molar-refractivity contribution in [1.82, 2.24) is 4.98 Å². The second-order valence-electron chi connectivity index (χ2n) is 3.71. The van der Waals surface area contributed by atoms with Gasteiger partial charge in [-0.2, -0.15) is 4.98 Å². The molecule has 2 aromatic rings. The van der Waals surface area contributed by atoms with Gasteiger partial charge in [0.1, 0.15) is 5.52 Å². The number of fused-ring (bicyclic) bond motifs is 1. The molecule has 0 bridgehead atoms. The van der Waals surface area contributed by atoms with Gasteiger partial charge in [-0.3, -0.25) is 0 Å². The summed E-state index contributed by atoms with van der Waals surface area (Å²) in [5.41, 5.74) is 0.926. The lowest BCUT2D eigenvalue weighted by atomic mass is 10.2. The number of carboxylic acids is 1. The number of aliphatic hydroxyl groups excluding tert-OH is 2. The number of carbonyl (C=O) groups is 1. The second kappa shape index (κ2) is 5.03. The van der Waals surface area contributed by atoms with Crippen molar-refractivity contribution < 1.29 is 24.5 Å². The van der Waals surface area contributed by atoms with E-state index in [4.69, 9.17) is 19.7 Å². The maximum absolute atomic E-state index is 10.8. The fourth-order valence-electron chi connectivity index (χ4n) is 1.44. The van der Waals surface area contributed by atoms with Crippen molar-refractivity contribution >= 4 is 23.1 Å². The molecule has 0 spiro atoms. The molecule has 0 fully saturated rings. The molecule has 0 unspecified atom stereocenters. The molecule has 0 saturated carbocycles. The summed E-state index contributed by atoms with van der Waals surface area (Å²) in [4.78, 5) is 14.8. The molecule has 0 radical (unpaired) electrons. The van der Waals surface area contributed by atoms with Crippen molar-refractivity contribution in [2.24, 2.45) is 0 Å². The first-order chi connectivity index (χ1) is 8.63. The van der Waals surface area contributed by atoms with E-state index in [2.05, 4.69) is 10.3 Å². The zero-order valence-electron chi connectivity index (χ0n) is 9.33. The van der Waals surface area contributed by atoms with Crippen LogP contribution >= 0.6 is 0 Å². The van der Waals surface area contributed by atoms with Crippen molar-refractivity contribution in [3.05, 3.63) is 23.8 Å². The molecule has 7 heteroatoms. The highest BCUT2D eigenvalue weighted by Crippen LogP contribution is 2.20. The number of nitrogens with one attached hydrogen (secondary N) is 1. The van der Waals surface area contributed by atoms with Crippen molar-refractivity contribution in [3.8, 4) is 0 Å². The number of hydrogen-bond donors (Lipinski definition) is 4. The fraction of sp³-hybridized carbons (Fsp3) is 0.273. The van der Waals surface area contributed by atoms with Crippen LogP contribution in [-0.2, 0) is 0 Å². The Morgan fingerprint density at radius 2 is 2.11 bits per heavy atom. The lowest BCUT2D eigenvalue weighted by Crippen LogP contribution is -2.27. The molecule has 0 saturated heterocycles. The SMILES string of the molecule is O=C(O)c1ccc2nc(NC(CO)CO)oc2c1. The highest BCUT2D eigenvalue weighted by atomic mass is 16.4. The van der Waals surface area contributed by atoms with E-state index in [-0.39, 0.29) is 24.8 Å². The lowest BCUT2D eigenvalue weighted by Gasteiger charge is -2.10. The van der Waals surface area contributed by atoms with E-state index >= 15 is 0 Å². The fourth-order valence-corrected chi connectivity index (χ4v) is 1.44. The van der Waals surface area contributed by atoms with Crippen molar-refractivity contribution in [1.29, 1.82) is 0 Å². The maximum atomic E-state index is 10.8. The summed E-state index contributed by atoms with van der Waals surface area (Å²) < 4.78 is 5.29. The molecule has 1 aromatic carbocycles. The summed E-state index contributed by atoms with van der Waals surface area (Å²) in [6.45, 7) is -0.537. The lowest BCUT2D eigenvalue weighted by molar-refractivity contribution is 0.0697. The van der Waals surface area contributed by atoms with Gasteiger partial charge in [0, 0.05) is 0 Å². The van der Waals surface area contributed by atoms with E-state index in [1.54, 1.807) is 0 Å². The first-order valence-electron chi connectivity index (χ1n) is 5.26. The van der Waals surface area contributed by atoms with Crippen LogP contribution in [0.5, 0.6) is 0 Å². The summed E-state index contributed by atoms with van der Waals surface area (Å²) in [5.74, 6) is -1.05. The van der Waals surface area contributed by atoms with Gasteiger partial charge in [0.2, 0.25) is 0 Å². The number of aromatic nitrogens is 1. The Bertz CT molecular complexity index is 562. The van der Waals surface area contributed by atoms with Gasteiger partial charge in [-0.25, -0.2) is 4.79 Å². The highest BCUT2D eigenvalue weighted by Gasteiger charge is 2.12. The number of hydrogen-bond acceptors (Lipinski definition) is 6. The molecule has 7 nitrogen and oxygen atoms in total. The largest absolute Gasteiger partial charge is 0.478 e. The van der Waals surface area contributed by atoms with Crippen LogP contribution < -0.4 is 5.32 Å². The van der Waals surface area contributed by atoms with Crippen LogP contribution in [0.3, 0.4) is 0 Å². The number of nitrogens with zero attached hydrogens (tertiary/aromatic N) is 1. The summed E-state index contributed by atoms with van der Waals surface area (Å²) in [6.07, 6.45) is 0. The van der Waals surface area contributed by atoms with Crippen LogP contribution in [0.25, 0.3) is 11.1 Å². The van der Waals surface area contributed by atoms with E-state index in [9.17, 15) is 4.79 Å². The molecular weight excluding hydrogens is 240 g/mol. The van der Waals surface area contributed by atoms with Crippen LogP contribution in [0.15, 0.2) is 22.6 Å². The molecule has 1 heterocycles. The Balaban J connectivity index is 2.29. The van der Waals surface area contributed by atoms with Crippen LogP contribution in [0.1, 0.15) is 10.4 Å². The van der Waals surface area contributed by atoms with E-state index in [1.807, 2.05) is 0 Å². The summed E-state index contributed by atoms with van der Waals surface area (Å²) in [6, 6.07) is 3.87. The Kier molecular flexibility index (Phi) is 3.45. The Morgan fingerprint density at radius 1 is 1.39 bits per heavy atom. The van der Waals surface area contributed by atoms with Crippen molar-refractivity contribution in [2.75, 3.05) is 18.5 Å². The van der Waals surface area contributed by atoms with E-state index in [0.29, 0.717) is 11.1 Å². The van der Waals surface area contributed by atoms with Gasteiger partial charge in [0.05, 0.1) is 24.8 Å². The van der Waals surface area contributed by atoms with E-state index in [0.717, 1.165) is 0 Å². The quantitative estimate of drug-likeness (QED) is 0.604. The molecule has 0 amide bonds. The molecule has 0 aliphatic carbocycles. The number of anilines is 1. The smallest absolute Gasteiger partial charge is 0.335 e. The molecule has 18 heavy (non-hydrogen) atoms. The van der Waals surface area contributed by atoms with Gasteiger partial charge >= 0.3 is 5.97 Å². The minimum atomic E-state index is -1.05. The summed E-state index contributed by atoms with van der Waals surface area (Å²) >= 11 is 0. The minimum Gasteiger partial charge on any atom is -0.478 e. The molecule has 96 valence electrons. The Hall–Kier alpha value is -2.12. The van der Waals surface area contributed by atoms with Crippen molar-refractivity contribution in [2.45, 2.75) is 6.04 Å². The third-order valence-corrected chi connectivity index (χ3v) is 2.40. The standard InChI is InChI=1S/C11H12N2O5/c14-4-7(5-15)12-11-13-8-2-1-6(10(16)17)3-9(8)18-11/h1-3,7,14-15H,4-5H2,(H,12,13)(H,16,17). The molecule has 2 rings (SSSR count). The maximum Gasteiger partial charge on any atom is 0.335 e. The predicted molar refractivity (Wildman–Crippen MR) is 62.6 cm³/mol. The summed E-state index contributed by atoms with van der Waals surface area (Å²) in [5, 5.41) is 29.3. The zero-order chi connectivity index (χ0) is 13.1. The third kappa shape index (κ3) is 2.41. The number of aliphatic hydroxyl groups is 2. The molecule has 4 N–H and O–H groups in total. The first kappa shape index (κ1) is 12.3. The number of rotatable bonds is 5. The number of carboxylic acid groups (broad SMARTS) is 1. The van der Waals surface area contributed by atoms with Crippen LogP contribution in [0.2, 0.25) is 0 Å². The minimum absolute atomic E-state index is 0.103. The average molecular weight is 252 g/mol. The Labute approximate surface area is 102 Å². The zero-order valence-corrected chi connectivity index (χ0v) is 9.33. The van der Waals surface area contributed by atoms with E-state index < -0.39 is 12.0 Å². The van der Waals surface area contributed by atoms with Gasteiger partial charge in [0.25, 0.3) is 6.01 Å². The third-order valence-electron chi connectivity index (χ3n) is 2.40. The summed E-state index contributed by atoms with van der Waals surface area (Å²) in [7, 11) is 0. The van der Waals surface area contributed by atoms with Gasteiger partial charge in [-0.1, -0.05) is 0 Å². The average Bonchev–Trinajstić information content (AvgIpc) is 2.76. The molecular formula is C11H12N2O5. The predicted octanol–water partition coefficient (Wildman–Crippen LogP) is 0.291. The number of oxazole rings is 1. The van der Waals surface area contributed by atoms with Gasteiger partial charge in [0.15, 0.2) is 5.58 Å². The number of aromatic carboxylic acids is 1. The molecule has 0 atom stereocenters. The topological polar surface area (TPSA) is 116 Å². The van der Waals surface area contributed by atoms with Gasteiger partial charge < -0.3 is 25.1 Å². The second-order valence-corrected chi connectivity index (χ2v) is 3.71. The van der Waals surface area contributed by atoms with Crippen LogP contribution in [0.4, 0.5) is 6.01 Å². The Morgan fingerprint density at radius 3 is 2.72 bits per heavy atom. The first-order valence-corrected chi connectivity index (χ1v) is 5.26. The van der Waals surface area contributed by atoms with Crippen molar-refractivity contribution in [3.63, 3.8) is 0 Å². The van der Waals surface area contributed by atoms with Crippen LogP contribution in [-0.4, -0.2) is 45.5 Å². The van der Waals surface area contributed by atoms with Crippen LogP contribution in [0, 0.1) is 0 Å². The molecule has 0 aliphatic heterocycles. The van der Waals surface area contributed by atoms with E-state index in [1.165, 1.54) is 18.2 Å². The molecule has 0 aliphatic rings. The normalized spacial score (nSPS) is 11.1. The van der Waals surface area contributed by atoms with Gasteiger partial charge in [-0.05, 0) is 18.2 Å². The molecule has 1 aromatic heterocycles. The monoisotopic (exact) mass is 252 g/mol. The van der Waals surface area contributed by atoms with Gasteiger partial charge in [-0.15, -0.1) is 0 Å². The highest BCUT2D eigenvalue weighted by molar-refractivity contribution is 5.92.